The molecular formula is C15H17ClF3N5O2. The number of alkyl halides is 3. The van der Waals surface area contributed by atoms with Gasteiger partial charge in [-0.25, -0.2) is 9.67 Å². The maximum absolute atomic E-state index is 13.5. The van der Waals surface area contributed by atoms with Crippen LogP contribution < -0.4 is 10.6 Å². The third-order valence-corrected chi connectivity index (χ3v) is 3.59. The lowest BCUT2D eigenvalue weighted by atomic mass is 10.2. The van der Waals surface area contributed by atoms with Crippen molar-refractivity contribution in [1.29, 1.82) is 0 Å². The van der Waals surface area contributed by atoms with Gasteiger partial charge >= 0.3 is 6.18 Å². The van der Waals surface area contributed by atoms with E-state index in [-0.39, 0.29) is 17.4 Å². The summed E-state index contributed by atoms with van der Waals surface area (Å²) in [6, 6.07) is 2.87. The van der Waals surface area contributed by atoms with Crippen LogP contribution in [0.3, 0.4) is 0 Å². The minimum atomic E-state index is -4.82. The summed E-state index contributed by atoms with van der Waals surface area (Å²) in [5.74, 6) is -1.09. The number of nitrogens with one attached hydrogen (secondary N) is 2. The number of pyridine rings is 1. The van der Waals surface area contributed by atoms with Gasteiger partial charge in [0.1, 0.15) is 0 Å². The first-order chi connectivity index (χ1) is 12.4. The Morgan fingerprint density at radius 3 is 2.77 bits per heavy atom. The highest BCUT2D eigenvalue weighted by Crippen LogP contribution is 2.34. The molecule has 0 aliphatic heterocycles. The van der Waals surface area contributed by atoms with Crippen molar-refractivity contribution in [3.8, 4) is 5.82 Å². The molecule has 0 radical (unpaired) electrons. The molecule has 0 saturated carbocycles. The highest BCUT2D eigenvalue weighted by Gasteiger charge is 2.41. The number of hydrogen-bond donors (Lipinski definition) is 2. The van der Waals surface area contributed by atoms with Crippen molar-refractivity contribution < 1.29 is 22.7 Å². The summed E-state index contributed by atoms with van der Waals surface area (Å²) in [6.07, 6.45) is -2.68. The maximum Gasteiger partial charge on any atom is 0.434 e. The monoisotopic (exact) mass is 391 g/mol. The van der Waals surface area contributed by atoms with Crippen LogP contribution in [0.1, 0.15) is 16.1 Å². The van der Waals surface area contributed by atoms with Gasteiger partial charge in [-0.1, -0.05) is 11.6 Å². The summed E-state index contributed by atoms with van der Waals surface area (Å²) in [5.41, 5.74) is -1.83. The number of ether oxygens (including phenoxy) is 1. The Bertz CT molecular complexity index is 751. The zero-order chi connectivity index (χ0) is 19.2. The van der Waals surface area contributed by atoms with Gasteiger partial charge in [-0.05, 0) is 12.1 Å². The van der Waals surface area contributed by atoms with E-state index < -0.39 is 23.3 Å². The van der Waals surface area contributed by atoms with E-state index in [2.05, 4.69) is 20.7 Å². The Hall–Kier alpha value is -2.17. The average molecular weight is 392 g/mol. The number of carbonyl (C=O) groups is 1. The highest BCUT2D eigenvalue weighted by atomic mass is 35.5. The topological polar surface area (TPSA) is 81.1 Å². The van der Waals surface area contributed by atoms with E-state index in [0.717, 1.165) is 6.20 Å². The third kappa shape index (κ3) is 4.93. The molecule has 0 unspecified atom stereocenters. The zero-order valence-corrected chi connectivity index (χ0v) is 14.6. The standard InChI is InChI=1S/C15H17ClF3N5O2/c1-26-8-7-20-5-6-22-14(25)10-9-23-24(12(10)15(17,18)19)13-11(16)3-2-4-21-13/h2-4,9,20H,5-8H2,1H3,(H,22,25). The van der Waals surface area contributed by atoms with Crippen molar-refractivity contribution in [3.05, 3.63) is 40.8 Å². The summed E-state index contributed by atoms with van der Waals surface area (Å²) < 4.78 is 45.9. The van der Waals surface area contributed by atoms with Gasteiger partial charge in [-0.15, -0.1) is 0 Å². The van der Waals surface area contributed by atoms with Crippen LogP contribution in [-0.4, -0.2) is 54.0 Å². The molecule has 0 fully saturated rings. The maximum atomic E-state index is 13.5. The van der Waals surface area contributed by atoms with Crippen molar-refractivity contribution in [2.24, 2.45) is 0 Å². The van der Waals surface area contributed by atoms with Gasteiger partial charge in [0.2, 0.25) is 0 Å². The lowest BCUT2D eigenvalue weighted by Crippen LogP contribution is -2.34. The molecule has 0 aromatic carbocycles. The molecule has 1 amide bonds. The number of nitrogens with zero attached hydrogens (tertiary/aromatic N) is 3. The average Bonchev–Trinajstić information content (AvgIpc) is 3.03. The van der Waals surface area contributed by atoms with Crippen molar-refractivity contribution in [2.45, 2.75) is 6.18 Å². The number of rotatable bonds is 8. The fourth-order valence-electron chi connectivity index (χ4n) is 2.14. The first-order valence-electron chi connectivity index (χ1n) is 7.60. The molecule has 0 aliphatic rings. The Balaban J connectivity index is 2.19. The fourth-order valence-corrected chi connectivity index (χ4v) is 2.34. The molecular weight excluding hydrogens is 375 g/mol. The number of carbonyl (C=O) groups excluding carboxylic acids is 1. The number of halogens is 4. The predicted octanol–water partition coefficient (Wildman–Crippen LogP) is 1.91. The first kappa shape index (κ1) is 20.1. The summed E-state index contributed by atoms with van der Waals surface area (Å²) in [7, 11) is 1.55. The summed E-state index contributed by atoms with van der Waals surface area (Å²) >= 11 is 5.90. The van der Waals surface area contributed by atoms with E-state index in [1.165, 1.54) is 18.3 Å². The highest BCUT2D eigenvalue weighted by molar-refractivity contribution is 6.32. The predicted molar refractivity (Wildman–Crippen MR) is 88.4 cm³/mol. The van der Waals surface area contributed by atoms with Gasteiger partial charge in [0.15, 0.2) is 11.5 Å². The summed E-state index contributed by atoms with van der Waals surface area (Å²) in [6.45, 7) is 1.59. The molecule has 2 aromatic heterocycles. The van der Waals surface area contributed by atoms with Crippen LogP contribution in [-0.2, 0) is 10.9 Å². The zero-order valence-electron chi connectivity index (χ0n) is 13.8. The molecule has 142 valence electrons. The third-order valence-electron chi connectivity index (χ3n) is 3.29. The van der Waals surface area contributed by atoms with Crippen LogP contribution >= 0.6 is 11.6 Å². The van der Waals surface area contributed by atoms with Gasteiger partial charge in [0.05, 0.1) is 23.4 Å². The Morgan fingerprint density at radius 2 is 2.12 bits per heavy atom. The summed E-state index contributed by atoms with van der Waals surface area (Å²) in [5, 5.41) is 9.03. The molecule has 0 saturated heterocycles. The molecule has 2 rings (SSSR count). The molecule has 2 aromatic rings. The molecule has 0 aliphatic carbocycles. The normalized spacial score (nSPS) is 11.6. The van der Waals surface area contributed by atoms with E-state index in [1.807, 2.05) is 0 Å². The van der Waals surface area contributed by atoms with Gasteiger partial charge < -0.3 is 15.4 Å². The van der Waals surface area contributed by atoms with Gasteiger partial charge in [0, 0.05) is 32.9 Å². The van der Waals surface area contributed by atoms with E-state index in [1.54, 1.807) is 7.11 Å². The minimum absolute atomic E-state index is 0.0181. The van der Waals surface area contributed by atoms with E-state index in [4.69, 9.17) is 16.3 Å². The van der Waals surface area contributed by atoms with Gasteiger partial charge in [-0.2, -0.15) is 18.3 Å². The largest absolute Gasteiger partial charge is 0.434 e. The van der Waals surface area contributed by atoms with Crippen molar-refractivity contribution >= 4 is 17.5 Å². The Labute approximate surface area is 152 Å². The number of hydrogen-bond acceptors (Lipinski definition) is 5. The van der Waals surface area contributed by atoms with Crippen molar-refractivity contribution in [1.82, 2.24) is 25.4 Å². The molecule has 2 N–H and O–H groups in total. The van der Waals surface area contributed by atoms with Crippen LogP contribution in [0.15, 0.2) is 24.5 Å². The lowest BCUT2D eigenvalue weighted by molar-refractivity contribution is -0.143. The molecule has 0 spiro atoms. The smallest absolute Gasteiger partial charge is 0.383 e. The SMILES string of the molecule is COCCNCCNC(=O)c1cnn(-c2ncccc2Cl)c1C(F)(F)F. The van der Waals surface area contributed by atoms with Gasteiger partial charge in [-0.3, -0.25) is 4.79 Å². The summed E-state index contributed by atoms with van der Waals surface area (Å²) in [4.78, 5) is 16.0. The minimum Gasteiger partial charge on any atom is -0.383 e. The van der Waals surface area contributed by atoms with Crippen LogP contribution in [0.4, 0.5) is 13.2 Å². The molecule has 26 heavy (non-hydrogen) atoms. The van der Waals surface area contributed by atoms with Crippen LogP contribution in [0.5, 0.6) is 0 Å². The van der Waals surface area contributed by atoms with Crippen LogP contribution in [0.25, 0.3) is 5.82 Å². The van der Waals surface area contributed by atoms with Gasteiger partial charge in [0.25, 0.3) is 5.91 Å². The van der Waals surface area contributed by atoms with Crippen LogP contribution in [0.2, 0.25) is 5.02 Å². The Morgan fingerprint density at radius 1 is 1.35 bits per heavy atom. The van der Waals surface area contributed by atoms with Crippen molar-refractivity contribution in [3.63, 3.8) is 0 Å². The van der Waals surface area contributed by atoms with Crippen molar-refractivity contribution in [2.75, 3.05) is 33.4 Å². The fraction of sp³-hybridized carbons (Fsp3) is 0.400. The molecule has 0 atom stereocenters. The van der Waals surface area contributed by atoms with E-state index in [9.17, 15) is 18.0 Å². The number of aromatic nitrogens is 3. The lowest BCUT2D eigenvalue weighted by Gasteiger charge is -2.13. The second-order valence-corrected chi connectivity index (χ2v) is 5.53. The Kier molecular flexibility index (Phi) is 6.95. The number of methoxy groups -OCH3 is 1. The second-order valence-electron chi connectivity index (χ2n) is 5.12. The molecule has 7 nitrogen and oxygen atoms in total. The van der Waals surface area contributed by atoms with E-state index >= 15 is 0 Å². The molecule has 11 heteroatoms. The number of amides is 1. The van der Waals surface area contributed by atoms with E-state index in [0.29, 0.717) is 24.4 Å². The second kappa shape index (κ2) is 8.97. The quantitative estimate of drug-likeness (QED) is 0.672. The molecule has 2 heterocycles. The first-order valence-corrected chi connectivity index (χ1v) is 7.98. The van der Waals surface area contributed by atoms with Crippen LogP contribution in [0, 0.1) is 0 Å². The molecule has 0 bridgehead atoms.